The van der Waals surface area contributed by atoms with Crippen LogP contribution in [0.5, 0.6) is 0 Å². The third-order valence-corrected chi connectivity index (χ3v) is 3.76. The van der Waals surface area contributed by atoms with Gasteiger partial charge in [-0.2, -0.15) is 0 Å². The van der Waals surface area contributed by atoms with Crippen molar-refractivity contribution < 1.29 is 9.90 Å². The van der Waals surface area contributed by atoms with Gasteiger partial charge in [0.2, 0.25) is 0 Å². The number of nitrogens with zero attached hydrogens (tertiary/aromatic N) is 1. The van der Waals surface area contributed by atoms with E-state index >= 15 is 0 Å². The van der Waals surface area contributed by atoms with Crippen molar-refractivity contribution in [3.63, 3.8) is 0 Å². The van der Waals surface area contributed by atoms with Crippen LogP contribution in [0.3, 0.4) is 0 Å². The zero-order valence-electron chi connectivity index (χ0n) is 10.6. The number of hydrogen-bond donors (Lipinski definition) is 1. The number of carbonyl (C=O) groups is 1. The standard InChI is InChI=1S/C13H23NO2/c1-4-13(3)5-7-14(8-6-13)10-11(2)9-12(15)16/h9H,4-8,10H2,1-3H3,(H,15,16). The zero-order chi connectivity index (χ0) is 12.2. The molecule has 0 aliphatic carbocycles. The van der Waals surface area contributed by atoms with Crippen LogP contribution in [0.1, 0.15) is 40.0 Å². The van der Waals surface area contributed by atoms with E-state index in [9.17, 15) is 4.79 Å². The molecule has 1 fully saturated rings. The largest absolute Gasteiger partial charge is 0.478 e. The minimum atomic E-state index is -0.840. The summed E-state index contributed by atoms with van der Waals surface area (Å²) in [6.07, 6.45) is 5.01. The fourth-order valence-corrected chi connectivity index (χ4v) is 2.21. The van der Waals surface area contributed by atoms with Gasteiger partial charge in [0.25, 0.3) is 0 Å². The third-order valence-electron chi connectivity index (χ3n) is 3.76. The number of carboxylic acid groups (broad SMARTS) is 1. The fourth-order valence-electron chi connectivity index (χ4n) is 2.21. The van der Waals surface area contributed by atoms with Gasteiger partial charge in [0.05, 0.1) is 0 Å². The number of hydrogen-bond acceptors (Lipinski definition) is 2. The molecule has 1 rings (SSSR count). The molecule has 0 unspecified atom stereocenters. The first-order valence-corrected chi connectivity index (χ1v) is 6.08. The van der Waals surface area contributed by atoms with Crippen molar-refractivity contribution in [2.75, 3.05) is 19.6 Å². The van der Waals surface area contributed by atoms with Gasteiger partial charge in [0, 0.05) is 12.6 Å². The molecule has 3 heteroatoms. The molecule has 1 N–H and O–H groups in total. The first-order valence-electron chi connectivity index (χ1n) is 6.08. The van der Waals surface area contributed by atoms with E-state index in [-0.39, 0.29) is 0 Å². The molecule has 0 spiro atoms. The second-order valence-electron chi connectivity index (χ2n) is 5.27. The van der Waals surface area contributed by atoms with Crippen LogP contribution >= 0.6 is 0 Å². The van der Waals surface area contributed by atoms with Crippen LogP contribution in [0.15, 0.2) is 11.6 Å². The van der Waals surface area contributed by atoms with Crippen molar-refractivity contribution in [1.82, 2.24) is 4.90 Å². The van der Waals surface area contributed by atoms with E-state index in [0.717, 1.165) is 25.2 Å². The lowest BCUT2D eigenvalue weighted by Crippen LogP contribution is -2.39. The van der Waals surface area contributed by atoms with Crippen molar-refractivity contribution in [2.45, 2.75) is 40.0 Å². The van der Waals surface area contributed by atoms with E-state index in [4.69, 9.17) is 5.11 Å². The van der Waals surface area contributed by atoms with E-state index in [1.165, 1.54) is 25.3 Å². The third kappa shape index (κ3) is 3.97. The van der Waals surface area contributed by atoms with Gasteiger partial charge < -0.3 is 5.11 Å². The van der Waals surface area contributed by atoms with Crippen LogP contribution in [-0.2, 0) is 4.79 Å². The van der Waals surface area contributed by atoms with Crippen LogP contribution in [0.25, 0.3) is 0 Å². The summed E-state index contributed by atoms with van der Waals surface area (Å²) < 4.78 is 0. The van der Waals surface area contributed by atoms with Gasteiger partial charge in [-0.25, -0.2) is 4.79 Å². The maximum atomic E-state index is 10.5. The topological polar surface area (TPSA) is 40.5 Å². The summed E-state index contributed by atoms with van der Waals surface area (Å²) in [6.45, 7) is 9.48. The highest BCUT2D eigenvalue weighted by atomic mass is 16.4. The smallest absolute Gasteiger partial charge is 0.328 e. The lowest BCUT2D eigenvalue weighted by molar-refractivity contribution is -0.131. The van der Waals surface area contributed by atoms with Crippen molar-refractivity contribution >= 4 is 5.97 Å². The fraction of sp³-hybridized carbons (Fsp3) is 0.769. The monoisotopic (exact) mass is 225 g/mol. The predicted molar refractivity (Wildman–Crippen MR) is 65.5 cm³/mol. The molecule has 1 saturated heterocycles. The molecule has 1 aliphatic rings. The lowest BCUT2D eigenvalue weighted by Gasteiger charge is -2.39. The average molecular weight is 225 g/mol. The molecule has 1 heterocycles. The second kappa shape index (κ2) is 5.48. The van der Waals surface area contributed by atoms with Gasteiger partial charge in [-0.05, 0) is 38.3 Å². The quantitative estimate of drug-likeness (QED) is 0.747. The minimum absolute atomic E-state index is 0.501. The van der Waals surface area contributed by atoms with Crippen molar-refractivity contribution in [2.24, 2.45) is 5.41 Å². The lowest BCUT2D eigenvalue weighted by atomic mass is 9.78. The van der Waals surface area contributed by atoms with Crippen LogP contribution in [0.2, 0.25) is 0 Å². The van der Waals surface area contributed by atoms with Gasteiger partial charge in [-0.3, -0.25) is 4.90 Å². The van der Waals surface area contributed by atoms with Crippen LogP contribution in [-0.4, -0.2) is 35.6 Å². The number of likely N-dealkylation sites (tertiary alicyclic amines) is 1. The normalized spacial score (nSPS) is 22.1. The van der Waals surface area contributed by atoms with E-state index in [1.807, 2.05) is 6.92 Å². The van der Waals surface area contributed by atoms with Gasteiger partial charge in [0.15, 0.2) is 0 Å². The second-order valence-corrected chi connectivity index (χ2v) is 5.27. The van der Waals surface area contributed by atoms with E-state index in [0.29, 0.717) is 5.41 Å². The molecule has 3 nitrogen and oxygen atoms in total. The minimum Gasteiger partial charge on any atom is -0.478 e. The summed E-state index contributed by atoms with van der Waals surface area (Å²) in [5.41, 5.74) is 1.44. The van der Waals surface area contributed by atoms with E-state index < -0.39 is 5.97 Å². The first-order chi connectivity index (χ1) is 7.45. The Kier molecular flexibility index (Phi) is 4.54. The molecule has 92 valence electrons. The Bertz CT molecular complexity index is 276. The Morgan fingerprint density at radius 1 is 1.44 bits per heavy atom. The molecule has 0 saturated carbocycles. The summed E-state index contributed by atoms with van der Waals surface area (Å²) >= 11 is 0. The Morgan fingerprint density at radius 2 is 2.00 bits per heavy atom. The van der Waals surface area contributed by atoms with E-state index in [2.05, 4.69) is 18.7 Å². The summed E-state index contributed by atoms with van der Waals surface area (Å²) in [7, 11) is 0. The molecule has 0 aromatic heterocycles. The molecule has 0 aromatic rings. The predicted octanol–water partition coefficient (Wildman–Crippen LogP) is 2.53. The van der Waals surface area contributed by atoms with E-state index in [1.54, 1.807) is 0 Å². The number of piperidine rings is 1. The summed E-state index contributed by atoms with van der Waals surface area (Å²) in [6, 6.07) is 0. The molecule has 0 bridgehead atoms. The summed E-state index contributed by atoms with van der Waals surface area (Å²) in [4.78, 5) is 12.9. The number of aliphatic carboxylic acids is 1. The van der Waals surface area contributed by atoms with Gasteiger partial charge in [-0.1, -0.05) is 25.8 Å². The highest BCUT2D eigenvalue weighted by molar-refractivity contribution is 5.80. The molecule has 0 amide bonds. The molecular formula is C13H23NO2. The van der Waals surface area contributed by atoms with Crippen molar-refractivity contribution in [1.29, 1.82) is 0 Å². The maximum absolute atomic E-state index is 10.5. The van der Waals surface area contributed by atoms with Gasteiger partial charge >= 0.3 is 5.97 Å². The van der Waals surface area contributed by atoms with Gasteiger partial charge in [-0.15, -0.1) is 0 Å². The van der Waals surface area contributed by atoms with Crippen LogP contribution < -0.4 is 0 Å². The highest BCUT2D eigenvalue weighted by Crippen LogP contribution is 2.33. The number of carboxylic acids is 1. The van der Waals surface area contributed by atoms with Crippen LogP contribution in [0, 0.1) is 5.41 Å². The Balaban J connectivity index is 2.40. The van der Waals surface area contributed by atoms with Gasteiger partial charge in [0.1, 0.15) is 0 Å². The molecule has 0 atom stereocenters. The van der Waals surface area contributed by atoms with Crippen molar-refractivity contribution in [3.05, 3.63) is 11.6 Å². The average Bonchev–Trinajstić information content (AvgIpc) is 2.21. The summed E-state index contributed by atoms with van der Waals surface area (Å²) in [5, 5.41) is 8.64. The van der Waals surface area contributed by atoms with Crippen molar-refractivity contribution in [3.8, 4) is 0 Å². The molecule has 0 radical (unpaired) electrons. The molecule has 1 aliphatic heterocycles. The number of rotatable bonds is 4. The highest BCUT2D eigenvalue weighted by Gasteiger charge is 2.27. The summed E-state index contributed by atoms with van der Waals surface area (Å²) in [5.74, 6) is -0.840. The van der Waals surface area contributed by atoms with Crippen LogP contribution in [0.4, 0.5) is 0 Å². The first kappa shape index (κ1) is 13.2. The maximum Gasteiger partial charge on any atom is 0.328 e. The Hall–Kier alpha value is -0.830. The molecular weight excluding hydrogens is 202 g/mol. The SMILES string of the molecule is CCC1(C)CCN(CC(C)=CC(=O)O)CC1. The zero-order valence-corrected chi connectivity index (χ0v) is 10.6. The molecule has 0 aromatic carbocycles. The Morgan fingerprint density at radius 3 is 2.44 bits per heavy atom. The Labute approximate surface area is 98.1 Å². The molecule has 16 heavy (non-hydrogen) atoms.